The van der Waals surface area contributed by atoms with E-state index in [1.165, 1.54) is 5.56 Å². The summed E-state index contributed by atoms with van der Waals surface area (Å²) in [4.78, 5) is 0. The summed E-state index contributed by atoms with van der Waals surface area (Å²) in [6, 6.07) is 14.2. The lowest BCUT2D eigenvalue weighted by molar-refractivity contribution is 0.479. The Kier molecular flexibility index (Phi) is 5.66. The predicted octanol–water partition coefficient (Wildman–Crippen LogP) is 4.96. The highest BCUT2D eigenvalue weighted by Gasteiger charge is 2.04. The summed E-state index contributed by atoms with van der Waals surface area (Å²) in [6.45, 7) is 3.94. The lowest BCUT2D eigenvalue weighted by Gasteiger charge is -2.10. The SMILES string of the molecule is CCNCc1ccc(Oc2cccc(I)c2)c(Br)c1. The molecule has 0 spiro atoms. The molecule has 0 bridgehead atoms. The van der Waals surface area contributed by atoms with Crippen LogP contribution in [-0.2, 0) is 6.54 Å². The molecule has 0 atom stereocenters. The highest BCUT2D eigenvalue weighted by Crippen LogP contribution is 2.31. The molecule has 1 N–H and O–H groups in total. The Morgan fingerprint density at radius 3 is 2.74 bits per heavy atom. The average Bonchev–Trinajstić information content (AvgIpc) is 2.39. The van der Waals surface area contributed by atoms with Crippen molar-refractivity contribution >= 4 is 38.5 Å². The van der Waals surface area contributed by atoms with Gasteiger partial charge < -0.3 is 10.1 Å². The molecule has 19 heavy (non-hydrogen) atoms. The molecule has 2 aromatic carbocycles. The fraction of sp³-hybridized carbons (Fsp3) is 0.200. The molecule has 0 aliphatic carbocycles. The normalized spacial score (nSPS) is 10.5. The Bertz CT molecular complexity index is 560. The first-order valence-corrected chi connectivity index (χ1v) is 7.99. The third-order valence-electron chi connectivity index (χ3n) is 2.60. The quantitative estimate of drug-likeness (QED) is 0.676. The maximum absolute atomic E-state index is 5.88. The van der Waals surface area contributed by atoms with Gasteiger partial charge in [-0.2, -0.15) is 0 Å². The Balaban J connectivity index is 2.13. The lowest BCUT2D eigenvalue weighted by atomic mass is 10.2. The number of halogens is 2. The van der Waals surface area contributed by atoms with E-state index < -0.39 is 0 Å². The summed E-state index contributed by atoms with van der Waals surface area (Å²) in [5, 5.41) is 3.31. The minimum atomic E-state index is 0.835. The third-order valence-corrected chi connectivity index (χ3v) is 3.89. The molecular formula is C15H15BrINO. The van der Waals surface area contributed by atoms with Crippen LogP contribution in [0.5, 0.6) is 11.5 Å². The summed E-state index contributed by atoms with van der Waals surface area (Å²) in [5.41, 5.74) is 1.24. The molecule has 0 aliphatic rings. The van der Waals surface area contributed by atoms with Crippen molar-refractivity contribution in [3.63, 3.8) is 0 Å². The maximum Gasteiger partial charge on any atom is 0.141 e. The average molecular weight is 432 g/mol. The molecule has 0 fully saturated rings. The van der Waals surface area contributed by atoms with Gasteiger partial charge in [-0.3, -0.25) is 0 Å². The van der Waals surface area contributed by atoms with Crippen molar-refractivity contribution in [2.24, 2.45) is 0 Å². The summed E-state index contributed by atoms with van der Waals surface area (Å²) in [7, 11) is 0. The van der Waals surface area contributed by atoms with E-state index in [0.29, 0.717) is 0 Å². The van der Waals surface area contributed by atoms with Crippen LogP contribution in [-0.4, -0.2) is 6.54 Å². The van der Waals surface area contributed by atoms with Gasteiger partial charge in [-0.1, -0.05) is 19.1 Å². The second-order valence-corrected chi connectivity index (χ2v) is 6.20. The maximum atomic E-state index is 5.88. The Morgan fingerprint density at radius 2 is 2.05 bits per heavy atom. The van der Waals surface area contributed by atoms with Gasteiger partial charge in [0.1, 0.15) is 11.5 Å². The summed E-state index contributed by atoms with van der Waals surface area (Å²) in [6.07, 6.45) is 0. The number of hydrogen-bond donors (Lipinski definition) is 1. The fourth-order valence-electron chi connectivity index (χ4n) is 1.66. The molecule has 2 aromatic rings. The second-order valence-electron chi connectivity index (χ2n) is 4.10. The minimum Gasteiger partial charge on any atom is -0.456 e. The van der Waals surface area contributed by atoms with Gasteiger partial charge in [-0.05, 0) is 81.0 Å². The van der Waals surface area contributed by atoms with Crippen LogP contribution in [0.2, 0.25) is 0 Å². The van der Waals surface area contributed by atoms with E-state index in [2.05, 4.69) is 62.9 Å². The van der Waals surface area contributed by atoms with Crippen molar-refractivity contribution in [2.75, 3.05) is 6.54 Å². The molecule has 0 saturated carbocycles. The van der Waals surface area contributed by atoms with Gasteiger partial charge >= 0.3 is 0 Å². The zero-order chi connectivity index (χ0) is 13.7. The number of benzene rings is 2. The summed E-state index contributed by atoms with van der Waals surface area (Å²) in [5.74, 6) is 1.69. The van der Waals surface area contributed by atoms with Crippen LogP contribution in [0.3, 0.4) is 0 Å². The first-order valence-electron chi connectivity index (χ1n) is 6.11. The van der Waals surface area contributed by atoms with Crippen molar-refractivity contribution in [3.05, 3.63) is 56.1 Å². The van der Waals surface area contributed by atoms with Gasteiger partial charge in [0.05, 0.1) is 4.47 Å². The van der Waals surface area contributed by atoms with Gasteiger partial charge in [-0.15, -0.1) is 0 Å². The van der Waals surface area contributed by atoms with Crippen LogP contribution in [0.1, 0.15) is 12.5 Å². The molecule has 0 unspecified atom stereocenters. The van der Waals surface area contributed by atoms with Crippen molar-refractivity contribution < 1.29 is 4.74 Å². The molecule has 0 amide bonds. The van der Waals surface area contributed by atoms with Crippen molar-refractivity contribution in [1.82, 2.24) is 5.32 Å². The second kappa shape index (κ2) is 7.26. The van der Waals surface area contributed by atoms with Crippen molar-refractivity contribution in [3.8, 4) is 11.5 Å². The van der Waals surface area contributed by atoms with Crippen LogP contribution in [0, 0.1) is 3.57 Å². The van der Waals surface area contributed by atoms with E-state index in [1.807, 2.05) is 30.3 Å². The molecule has 100 valence electrons. The van der Waals surface area contributed by atoms with E-state index in [-0.39, 0.29) is 0 Å². The predicted molar refractivity (Wildman–Crippen MR) is 90.8 cm³/mol. The van der Waals surface area contributed by atoms with E-state index in [1.54, 1.807) is 0 Å². The van der Waals surface area contributed by atoms with Crippen LogP contribution in [0.4, 0.5) is 0 Å². The molecular weight excluding hydrogens is 417 g/mol. The summed E-state index contributed by atoms with van der Waals surface area (Å²) < 4.78 is 8.01. The van der Waals surface area contributed by atoms with Gasteiger partial charge in [-0.25, -0.2) is 0 Å². The van der Waals surface area contributed by atoms with Gasteiger partial charge in [0, 0.05) is 10.1 Å². The van der Waals surface area contributed by atoms with E-state index >= 15 is 0 Å². The molecule has 0 saturated heterocycles. The standard InChI is InChI=1S/C15H15BrINO/c1-2-18-10-11-6-7-15(14(16)8-11)19-13-5-3-4-12(17)9-13/h3-9,18H,2,10H2,1H3. The molecule has 0 aliphatic heterocycles. The fourth-order valence-corrected chi connectivity index (χ4v) is 2.69. The van der Waals surface area contributed by atoms with Crippen LogP contribution in [0.15, 0.2) is 46.9 Å². The largest absolute Gasteiger partial charge is 0.456 e. The number of hydrogen-bond acceptors (Lipinski definition) is 2. The topological polar surface area (TPSA) is 21.3 Å². The van der Waals surface area contributed by atoms with Crippen molar-refractivity contribution in [1.29, 1.82) is 0 Å². The molecule has 2 nitrogen and oxygen atoms in total. The Morgan fingerprint density at radius 1 is 1.21 bits per heavy atom. The lowest BCUT2D eigenvalue weighted by Crippen LogP contribution is -2.11. The third kappa shape index (κ3) is 4.47. The van der Waals surface area contributed by atoms with E-state index in [9.17, 15) is 0 Å². The first kappa shape index (κ1) is 14.8. The zero-order valence-corrected chi connectivity index (χ0v) is 14.4. The number of rotatable bonds is 5. The zero-order valence-electron chi connectivity index (χ0n) is 10.6. The van der Waals surface area contributed by atoms with Gasteiger partial charge in [0.25, 0.3) is 0 Å². The first-order chi connectivity index (χ1) is 9.19. The molecule has 4 heteroatoms. The summed E-state index contributed by atoms with van der Waals surface area (Å²) >= 11 is 5.84. The van der Waals surface area contributed by atoms with Crippen LogP contribution >= 0.6 is 38.5 Å². The Hall–Kier alpha value is -0.590. The highest BCUT2D eigenvalue weighted by molar-refractivity contribution is 14.1. The number of nitrogens with one attached hydrogen (secondary N) is 1. The Labute approximate surface area is 135 Å². The van der Waals surface area contributed by atoms with Gasteiger partial charge in [0.2, 0.25) is 0 Å². The minimum absolute atomic E-state index is 0.835. The molecule has 2 rings (SSSR count). The van der Waals surface area contributed by atoms with Crippen molar-refractivity contribution in [2.45, 2.75) is 13.5 Å². The van der Waals surface area contributed by atoms with Crippen LogP contribution in [0.25, 0.3) is 0 Å². The molecule has 0 aromatic heterocycles. The highest BCUT2D eigenvalue weighted by atomic mass is 127. The molecule has 0 radical (unpaired) electrons. The monoisotopic (exact) mass is 431 g/mol. The smallest absolute Gasteiger partial charge is 0.141 e. The van der Waals surface area contributed by atoms with Crippen LogP contribution < -0.4 is 10.1 Å². The molecule has 0 heterocycles. The number of ether oxygens (including phenoxy) is 1. The van der Waals surface area contributed by atoms with E-state index in [0.717, 1.165) is 32.6 Å². The van der Waals surface area contributed by atoms with E-state index in [4.69, 9.17) is 4.74 Å². The van der Waals surface area contributed by atoms with Gasteiger partial charge in [0.15, 0.2) is 0 Å².